The van der Waals surface area contributed by atoms with Crippen LogP contribution in [0.25, 0.3) is 0 Å². The highest BCUT2D eigenvalue weighted by molar-refractivity contribution is 7.07. The van der Waals surface area contributed by atoms with E-state index in [0.717, 1.165) is 31.6 Å². The summed E-state index contributed by atoms with van der Waals surface area (Å²) in [5, 5.41) is 5.63. The Hall–Kier alpha value is -0.940. The number of likely N-dealkylation sites (tertiary alicyclic amines) is 1. The molecule has 98 valence electrons. The first-order chi connectivity index (χ1) is 8.81. The SMILES string of the molecule is O=C(CCc1cscn1)N1CCC2CCC(C1)N2. The van der Waals surface area contributed by atoms with Crippen LogP contribution in [0.1, 0.15) is 31.4 Å². The van der Waals surface area contributed by atoms with Crippen LogP contribution in [0.2, 0.25) is 0 Å². The van der Waals surface area contributed by atoms with Crippen LogP contribution in [-0.4, -0.2) is 41.0 Å². The third-order valence-corrected chi connectivity index (χ3v) is 4.59. The third kappa shape index (κ3) is 2.72. The molecular weight excluding hydrogens is 246 g/mol. The second kappa shape index (κ2) is 5.36. The molecular formula is C13H19N3OS. The fraction of sp³-hybridized carbons (Fsp3) is 0.692. The van der Waals surface area contributed by atoms with Crippen molar-refractivity contribution in [1.29, 1.82) is 0 Å². The van der Waals surface area contributed by atoms with Crippen molar-refractivity contribution in [2.75, 3.05) is 13.1 Å². The lowest BCUT2D eigenvalue weighted by Crippen LogP contribution is -2.39. The maximum Gasteiger partial charge on any atom is 0.223 e. The van der Waals surface area contributed by atoms with Crippen LogP contribution in [0.15, 0.2) is 10.9 Å². The normalized spacial score (nSPS) is 27.2. The molecule has 1 N–H and O–H groups in total. The Labute approximate surface area is 111 Å². The van der Waals surface area contributed by atoms with E-state index in [2.05, 4.69) is 10.3 Å². The molecule has 18 heavy (non-hydrogen) atoms. The Morgan fingerprint density at radius 1 is 1.44 bits per heavy atom. The maximum absolute atomic E-state index is 12.2. The lowest BCUT2D eigenvalue weighted by atomic mass is 10.1. The number of nitrogens with one attached hydrogen (secondary N) is 1. The highest BCUT2D eigenvalue weighted by atomic mass is 32.1. The minimum absolute atomic E-state index is 0.289. The lowest BCUT2D eigenvalue weighted by Gasteiger charge is -2.24. The van der Waals surface area contributed by atoms with Gasteiger partial charge >= 0.3 is 0 Å². The summed E-state index contributed by atoms with van der Waals surface area (Å²) in [6, 6.07) is 1.17. The molecule has 2 fully saturated rings. The number of aromatic nitrogens is 1. The van der Waals surface area contributed by atoms with Crippen molar-refractivity contribution in [2.24, 2.45) is 0 Å². The van der Waals surface area contributed by atoms with Gasteiger partial charge in [-0.25, -0.2) is 4.98 Å². The molecule has 3 heterocycles. The van der Waals surface area contributed by atoms with Gasteiger partial charge in [0.1, 0.15) is 0 Å². The van der Waals surface area contributed by atoms with E-state index in [1.54, 1.807) is 11.3 Å². The molecule has 3 rings (SSSR count). The Morgan fingerprint density at radius 3 is 3.17 bits per heavy atom. The third-order valence-electron chi connectivity index (χ3n) is 3.95. The average molecular weight is 265 g/mol. The van der Waals surface area contributed by atoms with Crippen molar-refractivity contribution in [2.45, 2.75) is 44.2 Å². The molecule has 5 heteroatoms. The molecule has 1 aromatic rings. The Balaban J connectivity index is 1.52. The molecule has 2 aliphatic heterocycles. The molecule has 2 saturated heterocycles. The summed E-state index contributed by atoms with van der Waals surface area (Å²) in [6.45, 7) is 1.82. The van der Waals surface area contributed by atoms with Gasteiger partial charge in [-0.05, 0) is 25.7 Å². The van der Waals surface area contributed by atoms with E-state index < -0.39 is 0 Å². The monoisotopic (exact) mass is 265 g/mol. The maximum atomic E-state index is 12.2. The molecule has 2 unspecified atom stereocenters. The summed E-state index contributed by atoms with van der Waals surface area (Å²) in [4.78, 5) is 18.5. The van der Waals surface area contributed by atoms with Crippen LogP contribution >= 0.6 is 11.3 Å². The van der Waals surface area contributed by atoms with Crippen molar-refractivity contribution < 1.29 is 4.79 Å². The topological polar surface area (TPSA) is 45.2 Å². The van der Waals surface area contributed by atoms with Crippen LogP contribution in [-0.2, 0) is 11.2 Å². The van der Waals surface area contributed by atoms with Crippen LogP contribution in [0.4, 0.5) is 0 Å². The Bertz CT molecular complexity index is 406. The van der Waals surface area contributed by atoms with Crippen LogP contribution < -0.4 is 5.32 Å². The number of aryl methyl sites for hydroxylation is 1. The summed E-state index contributed by atoms with van der Waals surface area (Å²) >= 11 is 1.59. The second-order valence-corrected chi connectivity index (χ2v) is 5.96. The summed E-state index contributed by atoms with van der Waals surface area (Å²) in [5.41, 5.74) is 2.87. The molecule has 1 amide bonds. The smallest absolute Gasteiger partial charge is 0.223 e. The number of rotatable bonds is 3. The largest absolute Gasteiger partial charge is 0.341 e. The van der Waals surface area contributed by atoms with E-state index in [4.69, 9.17) is 0 Å². The summed E-state index contributed by atoms with van der Waals surface area (Å²) in [6.07, 6.45) is 4.99. The van der Waals surface area contributed by atoms with E-state index >= 15 is 0 Å². The van der Waals surface area contributed by atoms with Gasteiger partial charge in [-0.3, -0.25) is 4.79 Å². The number of hydrogen-bond donors (Lipinski definition) is 1. The molecule has 1 aromatic heterocycles. The van der Waals surface area contributed by atoms with Gasteiger partial charge in [0.25, 0.3) is 0 Å². The minimum Gasteiger partial charge on any atom is -0.341 e. The van der Waals surface area contributed by atoms with E-state index in [1.165, 1.54) is 12.8 Å². The van der Waals surface area contributed by atoms with Gasteiger partial charge in [-0.1, -0.05) is 0 Å². The first-order valence-corrected chi connectivity index (χ1v) is 7.66. The van der Waals surface area contributed by atoms with Gasteiger partial charge in [0.05, 0.1) is 11.2 Å². The fourth-order valence-corrected chi connectivity index (χ4v) is 3.52. The van der Waals surface area contributed by atoms with E-state index in [1.807, 2.05) is 15.8 Å². The van der Waals surface area contributed by atoms with Crippen LogP contribution in [0.5, 0.6) is 0 Å². The first-order valence-electron chi connectivity index (χ1n) is 6.72. The zero-order valence-corrected chi connectivity index (χ0v) is 11.3. The standard InChI is InChI=1S/C13H19N3OS/c17-13(4-3-12-8-18-9-14-12)16-6-5-10-1-2-11(7-16)15-10/h8-11,15H,1-7H2. The quantitative estimate of drug-likeness (QED) is 0.899. The number of carbonyl (C=O) groups is 1. The fourth-order valence-electron chi connectivity index (χ4n) is 2.92. The molecule has 0 spiro atoms. The number of nitrogens with zero attached hydrogens (tertiary/aromatic N) is 2. The summed E-state index contributed by atoms with van der Waals surface area (Å²) < 4.78 is 0. The first kappa shape index (κ1) is 12.1. The van der Waals surface area contributed by atoms with Gasteiger partial charge < -0.3 is 10.2 Å². The predicted octanol–water partition coefficient (Wildman–Crippen LogP) is 1.43. The summed E-state index contributed by atoms with van der Waals surface area (Å²) in [7, 11) is 0. The molecule has 0 aromatic carbocycles. The van der Waals surface area contributed by atoms with Crippen molar-refractivity contribution in [3.8, 4) is 0 Å². The zero-order valence-electron chi connectivity index (χ0n) is 10.5. The van der Waals surface area contributed by atoms with Crippen LogP contribution in [0, 0.1) is 0 Å². The van der Waals surface area contributed by atoms with Gasteiger partial charge in [0.2, 0.25) is 5.91 Å². The number of thiazole rings is 1. The number of hydrogen-bond acceptors (Lipinski definition) is 4. The Morgan fingerprint density at radius 2 is 2.33 bits per heavy atom. The number of fused-ring (bicyclic) bond motifs is 2. The predicted molar refractivity (Wildman–Crippen MR) is 71.6 cm³/mol. The van der Waals surface area contributed by atoms with Gasteiger partial charge in [0, 0.05) is 37.0 Å². The summed E-state index contributed by atoms with van der Waals surface area (Å²) in [5.74, 6) is 0.289. The highest BCUT2D eigenvalue weighted by Gasteiger charge is 2.30. The Kier molecular flexibility index (Phi) is 3.61. The molecule has 0 aliphatic carbocycles. The molecule has 0 saturated carbocycles. The molecule has 0 radical (unpaired) electrons. The van der Waals surface area contributed by atoms with Crippen molar-refractivity contribution in [3.63, 3.8) is 0 Å². The van der Waals surface area contributed by atoms with Gasteiger partial charge in [0.15, 0.2) is 0 Å². The van der Waals surface area contributed by atoms with Crippen molar-refractivity contribution in [3.05, 3.63) is 16.6 Å². The lowest BCUT2D eigenvalue weighted by molar-refractivity contribution is -0.131. The minimum atomic E-state index is 0.289. The number of amides is 1. The highest BCUT2D eigenvalue weighted by Crippen LogP contribution is 2.21. The van der Waals surface area contributed by atoms with E-state index in [0.29, 0.717) is 18.5 Å². The molecule has 4 nitrogen and oxygen atoms in total. The van der Waals surface area contributed by atoms with Crippen molar-refractivity contribution >= 4 is 17.2 Å². The molecule has 2 aliphatic rings. The van der Waals surface area contributed by atoms with Crippen LogP contribution in [0.3, 0.4) is 0 Å². The zero-order chi connectivity index (χ0) is 12.4. The van der Waals surface area contributed by atoms with Gasteiger partial charge in [-0.15, -0.1) is 11.3 Å². The number of carbonyl (C=O) groups excluding carboxylic acids is 1. The van der Waals surface area contributed by atoms with E-state index in [9.17, 15) is 4.79 Å². The van der Waals surface area contributed by atoms with E-state index in [-0.39, 0.29) is 5.91 Å². The van der Waals surface area contributed by atoms with Gasteiger partial charge in [-0.2, -0.15) is 0 Å². The van der Waals surface area contributed by atoms with Crippen molar-refractivity contribution in [1.82, 2.24) is 15.2 Å². The average Bonchev–Trinajstić information content (AvgIpc) is 2.96. The second-order valence-electron chi connectivity index (χ2n) is 5.25. The molecule has 2 bridgehead atoms. The molecule has 2 atom stereocenters.